The van der Waals surface area contributed by atoms with Crippen molar-refractivity contribution in [2.75, 3.05) is 29.9 Å². The number of nitrogens with one attached hydrogen (secondary N) is 2. The number of hydrogen-bond acceptors (Lipinski definition) is 4. The second kappa shape index (κ2) is 8.95. The maximum atomic E-state index is 12.5. The van der Waals surface area contributed by atoms with E-state index in [9.17, 15) is 9.59 Å². The van der Waals surface area contributed by atoms with Gasteiger partial charge in [0.1, 0.15) is 0 Å². The van der Waals surface area contributed by atoms with Crippen LogP contribution in [0.3, 0.4) is 0 Å². The number of hydrogen-bond donors (Lipinski definition) is 2. The highest BCUT2D eigenvalue weighted by atomic mass is 32.2. The average Bonchev–Trinajstić information content (AvgIpc) is 2.63. The number of para-hydroxylation sites is 2. The van der Waals surface area contributed by atoms with Crippen LogP contribution in [0.1, 0.15) is 19.4 Å². The lowest BCUT2D eigenvalue weighted by atomic mass is 10.1. The minimum atomic E-state index is -0.0619. The summed E-state index contributed by atoms with van der Waals surface area (Å²) in [4.78, 5) is 27.4. The van der Waals surface area contributed by atoms with Gasteiger partial charge in [0, 0.05) is 23.2 Å². The van der Waals surface area contributed by atoms with Crippen molar-refractivity contribution in [3.05, 3.63) is 54.1 Å². The molecule has 2 aromatic carbocycles. The summed E-state index contributed by atoms with van der Waals surface area (Å²) in [6.07, 6.45) is 0.321. The van der Waals surface area contributed by atoms with Crippen LogP contribution in [-0.4, -0.2) is 36.7 Å². The molecule has 1 heterocycles. The number of thioether (sulfide) groups is 1. The summed E-state index contributed by atoms with van der Waals surface area (Å²) >= 11 is 1.81. The van der Waals surface area contributed by atoms with Gasteiger partial charge in [-0.05, 0) is 29.8 Å². The van der Waals surface area contributed by atoms with E-state index in [0.717, 1.165) is 23.5 Å². The number of piperazine rings is 1. The second-order valence-electron chi connectivity index (χ2n) is 6.82. The molecule has 1 fully saturated rings. The topological polar surface area (TPSA) is 61.4 Å². The minimum absolute atomic E-state index is 0.00161. The Morgan fingerprint density at radius 2 is 1.93 bits per heavy atom. The number of anilines is 2. The van der Waals surface area contributed by atoms with Crippen LogP contribution in [0.2, 0.25) is 0 Å². The molecule has 5 nitrogen and oxygen atoms in total. The molecule has 1 aliphatic rings. The molecule has 2 aromatic rings. The van der Waals surface area contributed by atoms with Crippen LogP contribution in [0.15, 0.2) is 53.4 Å². The van der Waals surface area contributed by atoms with E-state index in [-0.39, 0.29) is 11.8 Å². The van der Waals surface area contributed by atoms with Crippen molar-refractivity contribution < 1.29 is 9.59 Å². The highest BCUT2D eigenvalue weighted by Gasteiger charge is 2.19. The molecule has 0 unspecified atom stereocenters. The Labute approximate surface area is 164 Å². The van der Waals surface area contributed by atoms with Crippen molar-refractivity contribution in [3.8, 4) is 0 Å². The van der Waals surface area contributed by atoms with Gasteiger partial charge in [-0.15, -0.1) is 11.8 Å². The van der Waals surface area contributed by atoms with E-state index in [1.165, 1.54) is 4.90 Å². The van der Waals surface area contributed by atoms with Gasteiger partial charge in [0.05, 0.1) is 24.3 Å². The molecule has 0 radical (unpaired) electrons. The standard InChI is InChI=1S/C21H25N3O2S/c1-15(2)27-17-9-7-16(8-10-17)13-20(25)23-18-5-3-4-6-19(18)24-12-11-22-21(26)14-24/h3-10,15H,11-14H2,1-2H3,(H,22,26)(H,23,25). The van der Waals surface area contributed by atoms with Crippen molar-refractivity contribution in [2.24, 2.45) is 0 Å². The number of benzene rings is 2. The van der Waals surface area contributed by atoms with Crippen LogP contribution in [0.4, 0.5) is 11.4 Å². The van der Waals surface area contributed by atoms with Crippen molar-refractivity contribution in [2.45, 2.75) is 30.4 Å². The van der Waals surface area contributed by atoms with E-state index in [1.54, 1.807) is 0 Å². The summed E-state index contributed by atoms with van der Waals surface area (Å²) in [5.41, 5.74) is 2.60. The second-order valence-corrected chi connectivity index (χ2v) is 8.47. The third-order valence-electron chi connectivity index (χ3n) is 4.22. The SMILES string of the molecule is CC(C)Sc1ccc(CC(=O)Nc2ccccc2N2CCNC(=O)C2)cc1. The molecule has 142 valence electrons. The van der Waals surface area contributed by atoms with E-state index in [4.69, 9.17) is 0 Å². The van der Waals surface area contributed by atoms with Gasteiger partial charge >= 0.3 is 0 Å². The van der Waals surface area contributed by atoms with Crippen LogP contribution < -0.4 is 15.5 Å². The number of nitrogens with zero attached hydrogens (tertiary/aromatic N) is 1. The van der Waals surface area contributed by atoms with Crippen molar-refractivity contribution >= 4 is 35.0 Å². The first-order valence-corrected chi connectivity index (χ1v) is 10.1. The third-order valence-corrected chi connectivity index (χ3v) is 5.23. The zero-order chi connectivity index (χ0) is 19.2. The van der Waals surface area contributed by atoms with Gasteiger partial charge in [-0.3, -0.25) is 9.59 Å². The zero-order valence-electron chi connectivity index (χ0n) is 15.7. The van der Waals surface area contributed by atoms with Gasteiger partial charge in [0.25, 0.3) is 0 Å². The lowest BCUT2D eigenvalue weighted by molar-refractivity contribution is -0.120. The summed E-state index contributed by atoms with van der Waals surface area (Å²) in [6, 6.07) is 15.8. The first-order chi connectivity index (χ1) is 13.0. The lowest BCUT2D eigenvalue weighted by Gasteiger charge is -2.30. The zero-order valence-corrected chi connectivity index (χ0v) is 16.5. The van der Waals surface area contributed by atoms with Crippen molar-refractivity contribution in [1.82, 2.24) is 5.32 Å². The average molecular weight is 384 g/mol. The smallest absolute Gasteiger partial charge is 0.239 e. The van der Waals surface area contributed by atoms with Crippen molar-refractivity contribution in [3.63, 3.8) is 0 Å². The molecule has 6 heteroatoms. The molecule has 2 N–H and O–H groups in total. The summed E-state index contributed by atoms with van der Waals surface area (Å²) in [6.45, 7) is 5.97. The normalized spacial score (nSPS) is 14.2. The van der Waals surface area contributed by atoms with E-state index < -0.39 is 0 Å². The summed E-state index contributed by atoms with van der Waals surface area (Å²) < 4.78 is 0. The van der Waals surface area contributed by atoms with E-state index >= 15 is 0 Å². The number of carbonyl (C=O) groups excluding carboxylic acids is 2. The van der Waals surface area contributed by atoms with Gasteiger partial charge in [-0.2, -0.15) is 0 Å². The van der Waals surface area contributed by atoms with Crippen LogP contribution in [0.5, 0.6) is 0 Å². The Balaban J connectivity index is 1.65. The molecule has 0 aliphatic carbocycles. The molecular formula is C21H25N3O2S. The Kier molecular flexibility index (Phi) is 6.40. The summed E-state index contributed by atoms with van der Waals surface area (Å²) in [7, 11) is 0. The number of amides is 2. The van der Waals surface area contributed by atoms with Gasteiger partial charge in [0.2, 0.25) is 11.8 Å². The maximum absolute atomic E-state index is 12.5. The largest absolute Gasteiger partial charge is 0.359 e. The van der Waals surface area contributed by atoms with E-state index in [2.05, 4.69) is 36.6 Å². The summed E-state index contributed by atoms with van der Waals surface area (Å²) in [5, 5.41) is 6.36. The Bertz CT molecular complexity index is 805. The fourth-order valence-corrected chi connectivity index (χ4v) is 3.87. The van der Waals surface area contributed by atoms with E-state index in [0.29, 0.717) is 24.8 Å². The fourth-order valence-electron chi connectivity index (χ4n) is 3.04. The van der Waals surface area contributed by atoms with Gasteiger partial charge in [-0.1, -0.05) is 38.1 Å². The van der Waals surface area contributed by atoms with Gasteiger partial charge < -0.3 is 15.5 Å². The molecule has 2 amide bonds. The van der Waals surface area contributed by atoms with Crippen LogP contribution in [-0.2, 0) is 16.0 Å². The van der Waals surface area contributed by atoms with Crippen LogP contribution in [0, 0.1) is 0 Å². The Morgan fingerprint density at radius 1 is 1.19 bits per heavy atom. The summed E-state index contributed by atoms with van der Waals surface area (Å²) in [5.74, 6) is -0.0603. The predicted molar refractivity (Wildman–Crippen MR) is 111 cm³/mol. The van der Waals surface area contributed by atoms with Gasteiger partial charge in [0.15, 0.2) is 0 Å². The maximum Gasteiger partial charge on any atom is 0.239 e. The van der Waals surface area contributed by atoms with E-state index in [1.807, 2.05) is 53.1 Å². The first-order valence-electron chi connectivity index (χ1n) is 9.17. The van der Waals surface area contributed by atoms with Crippen LogP contribution in [0.25, 0.3) is 0 Å². The highest BCUT2D eigenvalue weighted by Crippen LogP contribution is 2.26. The molecule has 0 bridgehead atoms. The van der Waals surface area contributed by atoms with Crippen LogP contribution >= 0.6 is 11.8 Å². The van der Waals surface area contributed by atoms with Crippen molar-refractivity contribution in [1.29, 1.82) is 0 Å². The number of carbonyl (C=O) groups is 2. The molecule has 1 saturated heterocycles. The molecule has 0 saturated carbocycles. The molecule has 27 heavy (non-hydrogen) atoms. The Morgan fingerprint density at radius 3 is 2.63 bits per heavy atom. The monoisotopic (exact) mass is 383 g/mol. The predicted octanol–water partition coefficient (Wildman–Crippen LogP) is 3.30. The molecule has 0 spiro atoms. The Hall–Kier alpha value is -2.47. The fraction of sp³-hybridized carbons (Fsp3) is 0.333. The minimum Gasteiger partial charge on any atom is -0.359 e. The highest BCUT2D eigenvalue weighted by molar-refractivity contribution is 7.99. The molecular weight excluding hydrogens is 358 g/mol. The molecule has 3 rings (SSSR count). The molecule has 1 aliphatic heterocycles. The third kappa shape index (κ3) is 5.50. The molecule has 0 atom stereocenters. The first kappa shape index (κ1) is 19.3. The quantitative estimate of drug-likeness (QED) is 0.752. The number of rotatable bonds is 6. The lowest BCUT2D eigenvalue weighted by Crippen LogP contribution is -2.47. The molecule has 0 aromatic heterocycles. The van der Waals surface area contributed by atoms with Gasteiger partial charge in [-0.25, -0.2) is 0 Å².